The van der Waals surface area contributed by atoms with Gasteiger partial charge in [-0.2, -0.15) is 0 Å². The van der Waals surface area contributed by atoms with Crippen molar-refractivity contribution in [1.29, 1.82) is 0 Å². The summed E-state index contributed by atoms with van der Waals surface area (Å²) >= 11 is 6.06. The molecule has 4 aromatic rings. The van der Waals surface area contributed by atoms with E-state index in [4.69, 9.17) is 17.3 Å². The molecule has 0 bridgehead atoms. The fourth-order valence-corrected chi connectivity index (χ4v) is 3.06. The molecule has 3 N–H and O–H groups in total. The van der Waals surface area contributed by atoms with Gasteiger partial charge in [0.15, 0.2) is 0 Å². The number of nitrogens with one attached hydrogen (secondary N) is 1. The van der Waals surface area contributed by atoms with Gasteiger partial charge in [-0.25, -0.2) is 4.98 Å². The average molecular weight is 349 g/mol. The van der Waals surface area contributed by atoms with Gasteiger partial charge in [0.05, 0.1) is 11.1 Å². The topological polar surface area (TPSA) is 80.9 Å². The molecule has 0 aliphatic rings. The number of carbonyl (C=O) groups excluding carboxylic acids is 1. The Hall–Kier alpha value is -3.18. The first kappa shape index (κ1) is 15.4. The van der Waals surface area contributed by atoms with Crippen molar-refractivity contribution in [3.05, 3.63) is 71.5 Å². The van der Waals surface area contributed by atoms with Crippen LogP contribution in [0.1, 0.15) is 10.4 Å². The molecule has 0 aliphatic heterocycles. The molecule has 6 heteroatoms. The van der Waals surface area contributed by atoms with Crippen molar-refractivity contribution in [3.8, 4) is 0 Å². The molecule has 122 valence electrons. The van der Waals surface area contributed by atoms with Crippen LogP contribution < -0.4 is 11.1 Å². The molecule has 0 radical (unpaired) electrons. The molecule has 0 saturated heterocycles. The van der Waals surface area contributed by atoms with Gasteiger partial charge in [-0.1, -0.05) is 29.8 Å². The molecule has 0 saturated carbocycles. The number of hydrogen-bond donors (Lipinski definition) is 2. The number of amides is 1. The number of anilines is 2. The molecular formula is C19H13ClN4O. The number of primary amides is 1. The zero-order valence-electron chi connectivity index (χ0n) is 13.0. The van der Waals surface area contributed by atoms with Crippen LogP contribution in [0, 0.1) is 0 Å². The predicted octanol–water partition coefficient (Wildman–Crippen LogP) is 4.28. The van der Waals surface area contributed by atoms with Crippen LogP contribution in [0.2, 0.25) is 5.02 Å². The summed E-state index contributed by atoms with van der Waals surface area (Å²) < 4.78 is 0. The highest BCUT2D eigenvalue weighted by Crippen LogP contribution is 2.32. The number of benzene rings is 2. The van der Waals surface area contributed by atoms with E-state index in [-0.39, 0.29) is 0 Å². The standard InChI is InChI=1S/C19H13ClN4O/c20-11-3-1-4-12(9-11)23-19-16-10-22-8-7-13(16)14-5-2-6-15(18(21)25)17(14)24-19/h1-10H,(H2,21,25)(H,23,24). The fourth-order valence-electron chi connectivity index (χ4n) is 2.87. The van der Waals surface area contributed by atoms with Gasteiger partial charge < -0.3 is 11.1 Å². The molecule has 0 unspecified atom stereocenters. The zero-order chi connectivity index (χ0) is 17.4. The molecule has 1 amide bonds. The fraction of sp³-hybridized carbons (Fsp3) is 0. The summed E-state index contributed by atoms with van der Waals surface area (Å²) in [5.74, 6) is 0.0757. The molecule has 5 nitrogen and oxygen atoms in total. The Morgan fingerprint density at radius 3 is 2.68 bits per heavy atom. The number of nitrogens with two attached hydrogens (primary N) is 1. The second kappa shape index (κ2) is 6.03. The highest BCUT2D eigenvalue weighted by Gasteiger charge is 2.14. The lowest BCUT2D eigenvalue weighted by Crippen LogP contribution is -2.12. The van der Waals surface area contributed by atoms with E-state index in [1.807, 2.05) is 24.3 Å². The van der Waals surface area contributed by atoms with Crippen LogP contribution in [-0.4, -0.2) is 15.9 Å². The Morgan fingerprint density at radius 2 is 1.88 bits per heavy atom. The highest BCUT2D eigenvalue weighted by molar-refractivity contribution is 6.30. The summed E-state index contributed by atoms with van der Waals surface area (Å²) in [7, 11) is 0. The molecule has 4 rings (SSSR count). The zero-order valence-corrected chi connectivity index (χ0v) is 13.8. The number of hydrogen-bond acceptors (Lipinski definition) is 4. The number of fused-ring (bicyclic) bond motifs is 3. The van der Waals surface area contributed by atoms with Gasteiger partial charge >= 0.3 is 0 Å². The smallest absolute Gasteiger partial charge is 0.250 e. The molecule has 2 aromatic carbocycles. The molecule has 0 spiro atoms. The molecule has 0 fully saturated rings. The van der Waals surface area contributed by atoms with E-state index in [2.05, 4.69) is 15.3 Å². The molecular weight excluding hydrogens is 336 g/mol. The first-order chi connectivity index (χ1) is 12.1. The van der Waals surface area contributed by atoms with E-state index in [1.54, 1.807) is 36.7 Å². The van der Waals surface area contributed by atoms with E-state index in [0.717, 1.165) is 21.8 Å². The predicted molar refractivity (Wildman–Crippen MR) is 100 cm³/mol. The first-order valence-electron chi connectivity index (χ1n) is 7.62. The number of pyridine rings is 2. The van der Waals surface area contributed by atoms with Gasteiger partial charge in [0.2, 0.25) is 0 Å². The van der Waals surface area contributed by atoms with Crippen molar-refractivity contribution in [2.75, 3.05) is 5.32 Å². The SMILES string of the molecule is NC(=O)c1cccc2c1nc(Nc1cccc(Cl)c1)c1cnccc12. The summed E-state index contributed by atoms with van der Waals surface area (Å²) in [5, 5.41) is 6.51. The van der Waals surface area contributed by atoms with E-state index in [1.165, 1.54) is 0 Å². The third-order valence-corrected chi connectivity index (χ3v) is 4.21. The second-order valence-electron chi connectivity index (χ2n) is 5.58. The van der Waals surface area contributed by atoms with E-state index < -0.39 is 5.91 Å². The Kier molecular flexibility index (Phi) is 3.71. The lowest BCUT2D eigenvalue weighted by Gasteiger charge is -2.13. The van der Waals surface area contributed by atoms with Gasteiger partial charge in [0.1, 0.15) is 5.82 Å². The van der Waals surface area contributed by atoms with E-state index in [0.29, 0.717) is 21.9 Å². The summed E-state index contributed by atoms with van der Waals surface area (Å²) in [6, 6.07) is 14.6. The molecule has 2 heterocycles. The number of aromatic nitrogens is 2. The second-order valence-corrected chi connectivity index (χ2v) is 6.02. The van der Waals surface area contributed by atoms with Crippen LogP contribution in [0.4, 0.5) is 11.5 Å². The number of rotatable bonds is 3. The summed E-state index contributed by atoms with van der Waals surface area (Å²) in [6.07, 6.45) is 3.45. The largest absolute Gasteiger partial charge is 0.366 e. The quantitative estimate of drug-likeness (QED) is 0.541. The van der Waals surface area contributed by atoms with Gasteiger partial charge in [-0.05, 0) is 35.7 Å². The van der Waals surface area contributed by atoms with Crippen LogP contribution in [-0.2, 0) is 0 Å². The van der Waals surface area contributed by atoms with Crippen LogP contribution >= 0.6 is 11.6 Å². The highest BCUT2D eigenvalue weighted by atomic mass is 35.5. The van der Waals surface area contributed by atoms with Crippen molar-refractivity contribution < 1.29 is 4.79 Å². The summed E-state index contributed by atoms with van der Waals surface area (Å²) in [5.41, 5.74) is 7.24. The lowest BCUT2D eigenvalue weighted by atomic mass is 10.0. The Morgan fingerprint density at radius 1 is 1.04 bits per heavy atom. The van der Waals surface area contributed by atoms with E-state index >= 15 is 0 Å². The van der Waals surface area contributed by atoms with Crippen molar-refractivity contribution in [3.63, 3.8) is 0 Å². The monoisotopic (exact) mass is 348 g/mol. The molecule has 0 atom stereocenters. The Balaban J connectivity index is 2.01. The van der Waals surface area contributed by atoms with Crippen molar-refractivity contribution >= 4 is 50.7 Å². The number of para-hydroxylation sites is 1. The van der Waals surface area contributed by atoms with Gasteiger partial charge in [-0.3, -0.25) is 9.78 Å². The van der Waals surface area contributed by atoms with Crippen LogP contribution in [0.15, 0.2) is 60.9 Å². The minimum atomic E-state index is -0.514. The minimum absolute atomic E-state index is 0.380. The van der Waals surface area contributed by atoms with Crippen LogP contribution in [0.5, 0.6) is 0 Å². The summed E-state index contributed by atoms with van der Waals surface area (Å²) in [4.78, 5) is 20.7. The number of halogens is 1. The normalized spacial score (nSPS) is 10.9. The summed E-state index contributed by atoms with van der Waals surface area (Å²) in [6.45, 7) is 0. The van der Waals surface area contributed by atoms with Crippen LogP contribution in [0.3, 0.4) is 0 Å². The van der Waals surface area contributed by atoms with Gasteiger partial charge in [0.25, 0.3) is 5.91 Å². The van der Waals surface area contributed by atoms with E-state index in [9.17, 15) is 4.79 Å². The maximum absolute atomic E-state index is 11.8. The van der Waals surface area contributed by atoms with Gasteiger partial charge in [0, 0.05) is 33.9 Å². The van der Waals surface area contributed by atoms with Crippen molar-refractivity contribution in [2.24, 2.45) is 5.73 Å². The third-order valence-electron chi connectivity index (χ3n) is 3.98. The molecule has 25 heavy (non-hydrogen) atoms. The van der Waals surface area contributed by atoms with Crippen LogP contribution in [0.25, 0.3) is 21.7 Å². The number of carbonyl (C=O) groups is 1. The first-order valence-corrected chi connectivity index (χ1v) is 8.00. The maximum Gasteiger partial charge on any atom is 0.250 e. The average Bonchev–Trinajstić information content (AvgIpc) is 2.61. The van der Waals surface area contributed by atoms with Crippen molar-refractivity contribution in [1.82, 2.24) is 9.97 Å². The number of nitrogens with zero attached hydrogens (tertiary/aromatic N) is 2. The Labute approximate surface area is 148 Å². The molecule has 0 aliphatic carbocycles. The maximum atomic E-state index is 11.8. The third kappa shape index (κ3) is 2.75. The lowest BCUT2D eigenvalue weighted by molar-refractivity contribution is 0.100. The minimum Gasteiger partial charge on any atom is -0.366 e. The van der Waals surface area contributed by atoms with Crippen molar-refractivity contribution in [2.45, 2.75) is 0 Å². The van der Waals surface area contributed by atoms with Gasteiger partial charge in [-0.15, -0.1) is 0 Å². The Bertz CT molecular complexity index is 1130. The molecule has 2 aromatic heterocycles.